The van der Waals surface area contributed by atoms with Gasteiger partial charge in [0.25, 0.3) is 0 Å². The first-order valence-electron chi connectivity index (χ1n) is 10.3. The Morgan fingerprint density at radius 3 is 2.81 bits per heavy atom. The predicted octanol–water partition coefficient (Wildman–Crippen LogP) is 2.38. The lowest BCUT2D eigenvalue weighted by Gasteiger charge is -2.27. The number of ether oxygens (including phenoxy) is 1. The van der Waals surface area contributed by atoms with Gasteiger partial charge in [-0.1, -0.05) is 6.07 Å². The number of guanidine groups is 1. The number of methoxy groups -OCH3 is 1. The number of nitrogens with zero attached hydrogens (tertiary/aromatic N) is 2. The normalized spacial score (nSPS) is 26.1. The van der Waals surface area contributed by atoms with E-state index in [9.17, 15) is 5.11 Å². The van der Waals surface area contributed by atoms with Gasteiger partial charge in [-0.05, 0) is 57.1 Å². The molecule has 1 atom stereocenters. The second-order valence-electron chi connectivity index (χ2n) is 7.67. The van der Waals surface area contributed by atoms with Crippen LogP contribution in [-0.4, -0.2) is 56.5 Å². The molecule has 27 heavy (non-hydrogen) atoms. The summed E-state index contributed by atoms with van der Waals surface area (Å²) in [6.07, 6.45) is 4.83. The van der Waals surface area contributed by atoms with Crippen LogP contribution in [0.5, 0.6) is 5.75 Å². The first-order valence-corrected chi connectivity index (χ1v) is 10.3. The molecular formula is C21H34N4O2. The van der Waals surface area contributed by atoms with Crippen LogP contribution in [0.3, 0.4) is 0 Å². The van der Waals surface area contributed by atoms with E-state index in [1.54, 1.807) is 7.11 Å². The number of hydrogen-bond donors (Lipinski definition) is 3. The van der Waals surface area contributed by atoms with Gasteiger partial charge in [0, 0.05) is 44.0 Å². The molecule has 1 aliphatic heterocycles. The van der Waals surface area contributed by atoms with Crippen LogP contribution in [0.2, 0.25) is 0 Å². The SMILES string of the molecule is CCNC(=NCC1CCN(c2cccc(OC)c2)C1)NC1CCC(O)CC1. The minimum absolute atomic E-state index is 0.122. The largest absolute Gasteiger partial charge is 0.497 e. The van der Waals surface area contributed by atoms with Gasteiger partial charge in [-0.2, -0.15) is 0 Å². The Hall–Kier alpha value is -1.95. The highest BCUT2D eigenvalue weighted by Crippen LogP contribution is 2.27. The monoisotopic (exact) mass is 374 g/mol. The molecule has 0 spiro atoms. The zero-order valence-corrected chi connectivity index (χ0v) is 16.7. The second-order valence-corrected chi connectivity index (χ2v) is 7.67. The lowest BCUT2D eigenvalue weighted by atomic mass is 9.93. The lowest BCUT2D eigenvalue weighted by Crippen LogP contribution is -2.45. The maximum absolute atomic E-state index is 9.68. The highest BCUT2D eigenvalue weighted by Gasteiger charge is 2.24. The molecule has 0 radical (unpaired) electrons. The van der Waals surface area contributed by atoms with E-state index in [2.05, 4.69) is 34.6 Å². The predicted molar refractivity (Wildman–Crippen MR) is 111 cm³/mol. The van der Waals surface area contributed by atoms with Gasteiger partial charge < -0.3 is 25.4 Å². The number of anilines is 1. The number of aliphatic hydroxyl groups is 1. The van der Waals surface area contributed by atoms with Crippen molar-refractivity contribution in [1.82, 2.24) is 10.6 Å². The molecule has 0 amide bonds. The summed E-state index contributed by atoms with van der Waals surface area (Å²) in [5.74, 6) is 2.39. The van der Waals surface area contributed by atoms with Crippen LogP contribution in [0.1, 0.15) is 39.0 Å². The third-order valence-electron chi connectivity index (χ3n) is 5.59. The molecule has 6 heteroatoms. The van der Waals surface area contributed by atoms with E-state index >= 15 is 0 Å². The number of rotatable bonds is 6. The van der Waals surface area contributed by atoms with Crippen LogP contribution in [0.25, 0.3) is 0 Å². The fourth-order valence-corrected chi connectivity index (χ4v) is 3.98. The van der Waals surface area contributed by atoms with Crippen molar-refractivity contribution in [3.8, 4) is 5.75 Å². The quantitative estimate of drug-likeness (QED) is 0.527. The van der Waals surface area contributed by atoms with Gasteiger partial charge >= 0.3 is 0 Å². The molecule has 1 aromatic carbocycles. The van der Waals surface area contributed by atoms with Crippen molar-refractivity contribution in [2.45, 2.75) is 51.2 Å². The fraction of sp³-hybridized carbons (Fsp3) is 0.667. The van der Waals surface area contributed by atoms with Crippen LogP contribution in [0.15, 0.2) is 29.3 Å². The fourth-order valence-electron chi connectivity index (χ4n) is 3.98. The van der Waals surface area contributed by atoms with Crippen LogP contribution < -0.4 is 20.3 Å². The molecule has 150 valence electrons. The highest BCUT2D eigenvalue weighted by molar-refractivity contribution is 5.80. The average Bonchev–Trinajstić information content (AvgIpc) is 3.17. The van der Waals surface area contributed by atoms with E-state index < -0.39 is 0 Å². The van der Waals surface area contributed by atoms with Gasteiger partial charge in [0.15, 0.2) is 5.96 Å². The van der Waals surface area contributed by atoms with Crippen molar-refractivity contribution in [2.24, 2.45) is 10.9 Å². The summed E-state index contributed by atoms with van der Waals surface area (Å²) >= 11 is 0. The standard InChI is InChI=1S/C21H34N4O2/c1-3-22-21(24-17-7-9-19(26)10-8-17)23-14-16-11-12-25(15-16)18-5-4-6-20(13-18)27-2/h4-6,13,16-17,19,26H,3,7-12,14-15H2,1-2H3,(H2,22,23,24). The maximum Gasteiger partial charge on any atom is 0.191 e. The highest BCUT2D eigenvalue weighted by atomic mass is 16.5. The van der Waals surface area contributed by atoms with Crippen molar-refractivity contribution in [3.05, 3.63) is 24.3 Å². The Kier molecular flexibility index (Phi) is 7.21. The van der Waals surface area contributed by atoms with E-state index in [1.807, 2.05) is 12.1 Å². The molecule has 1 aliphatic carbocycles. The van der Waals surface area contributed by atoms with E-state index in [4.69, 9.17) is 9.73 Å². The topological polar surface area (TPSA) is 69.1 Å². The van der Waals surface area contributed by atoms with Crippen molar-refractivity contribution >= 4 is 11.6 Å². The first-order chi connectivity index (χ1) is 13.2. The smallest absolute Gasteiger partial charge is 0.191 e. The molecule has 1 saturated heterocycles. The molecule has 3 rings (SSSR count). The zero-order valence-electron chi connectivity index (χ0n) is 16.7. The molecule has 0 aromatic heterocycles. The van der Waals surface area contributed by atoms with Crippen molar-refractivity contribution in [2.75, 3.05) is 38.2 Å². The Balaban J connectivity index is 1.52. The molecular weight excluding hydrogens is 340 g/mol. The number of nitrogens with one attached hydrogen (secondary N) is 2. The van der Waals surface area contributed by atoms with E-state index in [1.165, 1.54) is 5.69 Å². The molecule has 1 unspecified atom stereocenters. The summed E-state index contributed by atoms with van der Waals surface area (Å²) in [5, 5.41) is 16.6. The number of hydrogen-bond acceptors (Lipinski definition) is 4. The maximum atomic E-state index is 9.68. The minimum atomic E-state index is -0.122. The van der Waals surface area contributed by atoms with Gasteiger partial charge in [-0.15, -0.1) is 0 Å². The van der Waals surface area contributed by atoms with E-state index in [0.29, 0.717) is 12.0 Å². The third-order valence-corrected chi connectivity index (χ3v) is 5.59. The molecule has 1 saturated carbocycles. The van der Waals surface area contributed by atoms with E-state index in [-0.39, 0.29) is 6.10 Å². The summed E-state index contributed by atoms with van der Waals surface area (Å²) in [6, 6.07) is 8.71. The summed E-state index contributed by atoms with van der Waals surface area (Å²) in [7, 11) is 1.71. The molecule has 2 aliphatic rings. The first kappa shape index (κ1) is 19.8. The minimum Gasteiger partial charge on any atom is -0.497 e. The molecule has 6 nitrogen and oxygen atoms in total. The van der Waals surface area contributed by atoms with Crippen molar-refractivity contribution in [3.63, 3.8) is 0 Å². The molecule has 2 fully saturated rings. The zero-order chi connectivity index (χ0) is 19.1. The van der Waals surface area contributed by atoms with Gasteiger partial charge in [0.2, 0.25) is 0 Å². The lowest BCUT2D eigenvalue weighted by molar-refractivity contribution is 0.120. The van der Waals surface area contributed by atoms with Crippen LogP contribution in [-0.2, 0) is 0 Å². The van der Waals surface area contributed by atoms with Gasteiger partial charge in [0.1, 0.15) is 5.75 Å². The van der Waals surface area contributed by atoms with Crippen molar-refractivity contribution < 1.29 is 9.84 Å². The molecule has 1 aromatic rings. The molecule has 1 heterocycles. The summed E-state index contributed by atoms with van der Waals surface area (Å²) < 4.78 is 5.35. The Labute approximate surface area is 163 Å². The molecule has 3 N–H and O–H groups in total. The van der Waals surface area contributed by atoms with Gasteiger partial charge in [-0.3, -0.25) is 4.99 Å². The Bertz CT molecular complexity index is 614. The number of benzene rings is 1. The number of aliphatic hydroxyl groups excluding tert-OH is 1. The molecule has 0 bridgehead atoms. The van der Waals surface area contributed by atoms with Crippen molar-refractivity contribution in [1.29, 1.82) is 0 Å². The Morgan fingerprint density at radius 2 is 2.07 bits per heavy atom. The Morgan fingerprint density at radius 1 is 1.26 bits per heavy atom. The third kappa shape index (κ3) is 5.76. The summed E-state index contributed by atoms with van der Waals surface area (Å²) in [5.41, 5.74) is 1.23. The van der Waals surface area contributed by atoms with Crippen LogP contribution in [0.4, 0.5) is 5.69 Å². The summed E-state index contributed by atoms with van der Waals surface area (Å²) in [6.45, 7) is 5.90. The average molecular weight is 375 g/mol. The van der Waals surface area contributed by atoms with Gasteiger partial charge in [0.05, 0.1) is 13.2 Å². The summed E-state index contributed by atoms with van der Waals surface area (Å²) in [4.78, 5) is 7.27. The van der Waals surface area contributed by atoms with Gasteiger partial charge in [-0.25, -0.2) is 0 Å². The number of aliphatic imine (C=N–C) groups is 1. The second kappa shape index (κ2) is 9.83. The van der Waals surface area contributed by atoms with Crippen LogP contribution in [0, 0.1) is 5.92 Å². The van der Waals surface area contributed by atoms with Crippen LogP contribution >= 0.6 is 0 Å². The van der Waals surface area contributed by atoms with E-state index in [0.717, 1.165) is 70.0 Å².